The largest absolute Gasteiger partial charge is 0.344 e. The number of carbonyl (C=O) groups excluding carboxylic acids is 2. The summed E-state index contributed by atoms with van der Waals surface area (Å²) in [5, 5.41) is 6.15. The quantitative estimate of drug-likeness (QED) is 0.823. The Hall–Kier alpha value is -1.59. The number of rotatable bonds is 6. The third-order valence-corrected chi connectivity index (χ3v) is 3.85. The molecule has 128 valence electrons. The van der Waals surface area contributed by atoms with Crippen molar-refractivity contribution in [2.45, 2.75) is 32.2 Å². The molecule has 0 spiro atoms. The summed E-state index contributed by atoms with van der Waals surface area (Å²) in [6, 6.07) is 9.20. The van der Waals surface area contributed by atoms with Gasteiger partial charge in [0.1, 0.15) is 6.04 Å². The monoisotopic (exact) mass is 339 g/mol. The fourth-order valence-corrected chi connectivity index (χ4v) is 2.68. The number of hydrogen-bond donors (Lipinski definition) is 2. The first-order valence-electron chi connectivity index (χ1n) is 8.03. The summed E-state index contributed by atoms with van der Waals surface area (Å²) >= 11 is 0. The van der Waals surface area contributed by atoms with E-state index in [1.807, 2.05) is 42.2 Å². The number of nitrogens with zero attached hydrogens (tertiary/aromatic N) is 1. The predicted molar refractivity (Wildman–Crippen MR) is 93.7 cm³/mol. The van der Waals surface area contributed by atoms with E-state index < -0.39 is 6.04 Å². The highest BCUT2D eigenvalue weighted by molar-refractivity contribution is 5.88. The molecule has 1 aliphatic rings. The van der Waals surface area contributed by atoms with Crippen LogP contribution in [0.5, 0.6) is 0 Å². The van der Waals surface area contributed by atoms with Gasteiger partial charge in [-0.15, -0.1) is 12.4 Å². The molecule has 1 saturated heterocycles. The molecule has 1 aromatic carbocycles. The Kier molecular flexibility index (Phi) is 8.66. The van der Waals surface area contributed by atoms with Crippen LogP contribution in [0.25, 0.3) is 0 Å². The summed E-state index contributed by atoms with van der Waals surface area (Å²) < 4.78 is 0. The molecule has 1 heterocycles. The Morgan fingerprint density at radius 1 is 1.22 bits per heavy atom. The lowest BCUT2D eigenvalue weighted by atomic mass is 10.1. The van der Waals surface area contributed by atoms with Crippen LogP contribution >= 0.6 is 12.4 Å². The van der Waals surface area contributed by atoms with Crippen LogP contribution in [0.3, 0.4) is 0 Å². The lowest BCUT2D eigenvalue weighted by Crippen LogP contribution is -2.54. The van der Waals surface area contributed by atoms with Crippen LogP contribution in [0.2, 0.25) is 0 Å². The maximum Gasteiger partial charge on any atom is 0.245 e. The molecule has 1 aliphatic heterocycles. The molecule has 2 N–H and O–H groups in total. The zero-order valence-electron chi connectivity index (χ0n) is 13.6. The third-order valence-electron chi connectivity index (χ3n) is 3.85. The van der Waals surface area contributed by atoms with E-state index >= 15 is 0 Å². The third kappa shape index (κ3) is 6.20. The van der Waals surface area contributed by atoms with Gasteiger partial charge in [-0.25, -0.2) is 0 Å². The average Bonchev–Trinajstić information content (AvgIpc) is 2.55. The smallest absolute Gasteiger partial charge is 0.245 e. The van der Waals surface area contributed by atoms with Gasteiger partial charge in [0, 0.05) is 26.2 Å². The van der Waals surface area contributed by atoms with Gasteiger partial charge in [-0.05, 0) is 12.0 Å². The van der Waals surface area contributed by atoms with Gasteiger partial charge in [-0.2, -0.15) is 0 Å². The van der Waals surface area contributed by atoms with Crippen LogP contribution in [0.4, 0.5) is 0 Å². The molecular formula is C17H26ClN3O2. The molecule has 0 aromatic heterocycles. The van der Waals surface area contributed by atoms with Crippen molar-refractivity contribution in [2.24, 2.45) is 0 Å². The highest BCUT2D eigenvalue weighted by Gasteiger charge is 2.26. The Morgan fingerprint density at radius 3 is 2.48 bits per heavy atom. The van der Waals surface area contributed by atoms with Crippen LogP contribution in [0.15, 0.2) is 30.3 Å². The van der Waals surface area contributed by atoms with Crippen molar-refractivity contribution >= 4 is 24.2 Å². The Balaban J connectivity index is 0.00000264. The van der Waals surface area contributed by atoms with Crippen molar-refractivity contribution in [2.75, 3.05) is 26.2 Å². The van der Waals surface area contributed by atoms with E-state index in [1.165, 1.54) is 0 Å². The lowest BCUT2D eigenvalue weighted by molar-refractivity contribution is -0.137. The molecule has 0 radical (unpaired) electrons. The molecule has 0 saturated carbocycles. The SMILES string of the molecule is CCCC(NC(=O)Cc1ccccc1)C(=O)N1CCNCC1.Cl. The van der Waals surface area contributed by atoms with E-state index in [4.69, 9.17) is 0 Å². The average molecular weight is 340 g/mol. The second-order valence-electron chi connectivity index (χ2n) is 5.65. The highest BCUT2D eigenvalue weighted by atomic mass is 35.5. The maximum absolute atomic E-state index is 12.6. The van der Waals surface area contributed by atoms with Gasteiger partial charge >= 0.3 is 0 Å². The maximum atomic E-state index is 12.6. The van der Waals surface area contributed by atoms with Gasteiger partial charge in [0.25, 0.3) is 0 Å². The van der Waals surface area contributed by atoms with Gasteiger partial charge in [-0.1, -0.05) is 43.7 Å². The number of benzene rings is 1. The first kappa shape index (κ1) is 19.5. The Bertz CT molecular complexity index is 490. The fourth-order valence-electron chi connectivity index (χ4n) is 2.68. The lowest BCUT2D eigenvalue weighted by Gasteiger charge is -2.31. The summed E-state index contributed by atoms with van der Waals surface area (Å²) in [6.07, 6.45) is 1.87. The van der Waals surface area contributed by atoms with E-state index in [-0.39, 0.29) is 24.2 Å². The second kappa shape index (κ2) is 10.2. The first-order chi connectivity index (χ1) is 10.7. The molecule has 1 atom stereocenters. The van der Waals surface area contributed by atoms with E-state index in [0.29, 0.717) is 25.9 Å². The fraction of sp³-hybridized carbons (Fsp3) is 0.529. The molecule has 23 heavy (non-hydrogen) atoms. The second-order valence-corrected chi connectivity index (χ2v) is 5.65. The zero-order chi connectivity index (χ0) is 15.8. The van der Waals surface area contributed by atoms with Gasteiger partial charge < -0.3 is 15.5 Å². The van der Waals surface area contributed by atoms with Crippen LogP contribution in [0, 0.1) is 0 Å². The van der Waals surface area contributed by atoms with E-state index in [2.05, 4.69) is 10.6 Å². The molecule has 6 heteroatoms. The van der Waals surface area contributed by atoms with Crippen LogP contribution < -0.4 is 10.6 Å². The van der Waals surface area contributed by atoms with Crippen molar-refractivity contribution in [3.8, 4) is 0 Å². The molecule has 0 bridgehead atoms. The molecule has 5 nitrogen and oxygen atoms in total. The molecule has 1 aromatic rings. The minimum atomic E-state index is -0.403. The van der Waals surface area contributed by atoms with Crippen LogP contribution in [0.1, 0.15) is 25.3 Å². The minimum Gasteiger partial charge on any atom is -0.344 e. The van der Waals surface area contributed by atoms with Gasteiger partial charge in [0.05, 0.1) is 6.42 Å². The van der Waals surface area contributed by atoms with Crippen molar-refractivity contribution in [3.63, 3.8) is 0 Å². The van der Waals surface area contributed by atoms with Gasteiger partial charge in [0.15, 0.2) is 0 Å². The van der Waals surface area contributed by atoms with Crippen molar-refractivity contribution < 1.29 is 9.59 Å². The summed E-state index contributed by atoms with van der Waals surface area (Å²) in [5.41, 5.74) is 0.963. The highest BCUT2D eigenvalue weighted by Crippen LogP contribution is 2.06. The number of carbonyl (C=O) groups is 2. The van der Waals surface area contributed by atoms with E-state index in [1.54, 1.807) is 0 Å². The Labute approximate surface area is 144 Å². The van der Waals surface area contributed by atoms with E-state index in [9.17, 15) is 9.59 Å². The standard InChI is InChI=1S/C17H25N3O2.ClH/c1-2-6-15(17(22)20-11-9-18-10-12-20)19-16(21)13-14-7-4-3-5-8-14;/h3-5,7-8,15,18H,2,6,9-13H2,1H3,(H,19,21);1H. The predicted octanol–water partition coefficient (Wildman–Crippen LogP) is 1.37. The van der Waals surface area contributed by atoms with E-state index in [0.717, 1.165) is 25.1 Å². The Morgan fingerprint density at radius 2 is 1.87 bits per heavy atom. The number of amides is 2. The van der Waals surface area contributed by atoms with Crippen LogP contribution in [-0.2, 0) is 16.0 Å². The molecular weight excluding hydrogens is 314 g/mol. The number of hydrogen-bond acceptors (Lipinski definition) is 3. The topological polar surface area (TPSA) is 61.4 Å². The summed E-state index contributed by atoms with van der Waals surface area (Å²) in [4.78, 5) is 26.6. The van der Waals surface area contributed by atoms with Gasteiger partial charge in [-0.3, -0.25) is 9.59 Å². The first-order valence-corrected chi connectivity index (χ1v) is 8.03. The summed E-state index contributed by atoms with van der Waals surface area (Å²) in [5.74, 6) is -0.0436. The number of halogens is 1. The van der Waals surface area contributed by atoms with Crippen molar-refractivity contribution in [1.82, 2.24) is 15.5 Å². The molecule has 1 unspecified atom stereocenters. The normalized spacial score (nSPS) is 15.4. The number of piperazine rings is 1. The minimum absolute atomic E-state index is 0. The number of nitrogens with one attached hydrogen (secondary N) is 2. The molecule has 0 aliphatic carbocycles. The molecule has 2 amide bonds. The molecule has 1 fully saturated rings. The summed E-state index contributed by atoms with van der Waals surface area (Å²) in [7, 11) is 0. The van der Waals surface area contributed by atoms with Gasteiger partial charge in [0.2, 0.25) is 11.8 Å². The summed E-state index contributed by atoms with van der Waals surface area (Å²) in [6.45, 7) is 5.10. The van der Waals surface area contributed by atoms with Crippen LogP contribution in [-0.4, -0.2) is 48.9 Å². The van der Waals surface area contributed by atoms with Crippen molar-refractivity contribution in [3.05, 3.63) is 35.9 Å². The zero-order valence-corrected chi connectivity index (χ0v) is 14.4. The van der Waals surface area contributed by atoms with Crippen molar-refractivity contribution in [1.29, 1.82) is 0 Å². The molecule has 2 rings (SSSR count).